The Kier molecular flexibility index (Phi) is 4.86. The van der Waals surface area contributed by atoms with Gasteiger partial charge in [-0.15, -0.1) is 0 Å². The Morgan fingerprint density at radius 3 is 2.41 bits per heavy atom. The fourth-order valence-electron chi connectivity index (χ4n) is 3.63. The quantitative estimate of drug-likeness (QED) is 0.392. The molecule has 0 fully saturated rings. The molecule has 0 bridgehead atoms. The first-order valence-electron chi connectivity index (χ1n) is 9.57. The standard InChI is InChI=1S/C23H13ClF2N2O4/c24-19-18(31-10-9-28-22(29)13-3-1-2-4-14(13)23(28)30)8-6-15-20(27-32-21(15)19)16-11-12(25)5-7-17(16)26/h1-8,11H,9-10H2. The van der Waals surface area contributed by atoms with Gasteiger partial charge in [0.15, 0.2) is 5.58 Å². The van der Waals surface area contributed by atoms with E-state index >= 15 is 0 Å². The third kappa shape index (κ3) is 3.20. The van der Waals surface area contributed by atoms with Crippen molar-refractivity contribution in [3.05, 3.63) is 82.4 Å². The van der Waals surface area contributed by atoms with Crippen molar-refractivity contribution in [2.75, 3.05) is 13.2 Å². The summed E-state index contributed by atoms with van der Waals surface area (Å²) in [5.41, 5.74) is 0.908. The molecular weight excluding hydrogens is 442 g/mol. The first kappa shape index (κ1) is 20.1. The number of carbonyl (C=O) groups is 2. The zero-order valence-electron chi connectivity index (χ0n) is 16.3. The maximum absolute atomic E-state index is 14.2. The molecule has 9 heteroatoms. The Labute approximate surface area is 184 Å². The van der Waals surface area contributed by atoms with Crippen molar-refractivity contribution in [1.82, 2.24) is 10.1 Å². The second-order valence-corrected chi connectivity index (χ2v) is 7.44. The Hall–Kier alpha value is -3.78. The van der Waals surface area contributed by atoms with Crippen molar-refractivity contribution in [1.29, 1.82) is 0 Å². The number of ether oxygens (including phenoxy) is 1. The minimum Gasteiger partial charge on any atom is -0.490 e. The molecule has 32 heavy (non-hydrogen) atoms. The molecule has 6 nitrogen and oxygen atoms in total. The van der Waals surface area contributed by atoms with Crippen molar-refractivity contribution in [3.8, 4) is 17.0 Å². The van der Waals surface area contributed by atoms with E-state index in [-0.39, 0.29) is 52.6 Å². The van der Waals surface area contributed by atoms with Crippen LogP contribution in [-0.2, 0) is 0 Å². The van der Waals surface area contributed by atoms with E-state index in [1.165, 1.54) is 6.07 Å². The molecule has 0 spiro atoms. The Balaban J connectivity index is 1.35. The minimum absolute atomic E-state index is 0.00376. The van der Waals surface area contributed by atoms with Gasteiger partial charge in [0, 0.05) is 5.56 Å². The molecule has 0 atom stereocenters. The van der Waals surface area contributed by atoms with Crippen LogP contribution in [0.15, 0.2) is 59.1 Å². The van der Waals surface area contributed by atoms with E-state index < -0.39 is 11.6 Å². The lowest BCUT2D eigenvalue weighted by Crippen LogP contribution is -2.33. The van der Waals surface area contributed by atoms with Crippen LogP contribution in [0.4, 0.5) is 8.78 Å². The summed E-state index contributed by atoms with van der Waals surface area (Å²) in [6.45, 7) is 0.0209. The number of aromatic nitrogens is 1. The largest absolute Gasteiger partial charge is 0.490 e. The monoisotopic (exact) mass is 454 g/mol. The van der Waals surface area contributed by atoms with Crippen LogP contribution in [0.25, 0.3) is 22.2 Å². The summed E-state index contributed by atoms with van der Waals surface area (Å²) >= 11 is 6.37. The molecule has 4 aromatic rings. The van der Waals surface area contributed by atoms with Gasteiger partial charge >= 0.3 is 0 Å². The SMILES string of the molecule is O=C1c2ccccc2C(=O)N1CCOc1ccc2c(-c3cc(F)ccc3F)noc2c1Cl. The fourth-order valence-corrected chi connectivity index (χ4v) is 3.88. The molecular formula is C23H13ClF2N2O4. The number of hydrogen-bond donors (Lipinski definition) is 0. The van der Waals surface area contributed by atoms with Crippen molar-refractivity contribution in [2.24, 2.45) is 0 Å². The summed E-state index contributed by atoms with van der Waals surface area (Å²) in [7, 11) is 0. The highest BCUT2D eigenvalue weighted by molar-refractivity contribution is 6.36. The zero-order chi connectivity index (χ0) is 22.4. The van der Waals surface area contributed by atoms with Crippen LogP contribution in [0.1, 0.15) is 20.7 Å². The fraction of sp³-hybridized carbons (Fsp3) is 0.0870. The van der Waals surface area contributed by atoms with Crippen LogP contribution in [0.3, 0.4) is 0 Å². The molecule has 0 saturated carbocycles. The molecule has 0 saturated heterocycles. The maximum Gasteiger partial charge on any atom is 0.261 e. The number of carbonyl (C=O) groups excluding carboxylic acids is 2. The summed E-state index contributed by atoms with van der Waals surface area (Å²) in [6, 6.07) is 12.7. The first-order valence-corrected chi connectivity index (χ1v) is 9.95. The third-order valence-electron chi connectivity index (χ3n) is 5.18. The van der Waals surface area contributed by atoms with E-state index in [0.717, 1.165) is 23.1 Å². The van der Waals surface area contributed by atoms with E-state index in [9.17, 15) is 18.4 Å². The molecule has 1 aliphatic rings. The van der Waals surface area contributed by atoms with Crippen molar-refractivity contribution in [3.63, 3.8) is 0 Å². The van der Waals surface area contributed by atoms with Gasteiger partial charge in [0.25, 0.3) is 11.8 Å². The lowest BCUT2D eigenvalue weighted by Gasteiger charge is -2.15. The maximum atomic E-state index is 14.2. The predicted octanol–water partition coefficient (Wildman–Crippen LogP) is 5.10. The van der Waals surface area contributed by atoms with Crippen molar-refractivity contribution >= 4 is 34.4 Å². The van der Waals surface area contributed by atoms with Gasteiger partial charge < -0.3 is 9.26 Å². The normalized spacial score (nSPS) is 13.2. The van der Waals surface area contributed by atoms with Crippen molar-refractivity contribution < 1.29 is 27.6 Å². The highest BCUT2D eigenvalue weighted by atomic mass is 35.5. The minimum atomic E-state index is -0.654. The van der Waals surface area contributed by atoms with Gasteiger partial charge in [-0.1, -0.05) is 28.9 Å². The topological polar surface area (TPSA) is 72.6 Å². The number of nitrogens with zero attached hydrogens (tertiary/aromatic N) is 2. The van der Waals surface area contributed by atoms with Gasteiger partial charge in [-0.2, -0.15) is 0 Å². The summed E-state index contributed by atoms with van der Waals surface area (Å²) in [5.74, 6) is -1.80. The predicted molar refractivity (Wildman–Crippen MR) is 112 cm³/mol. The molecule has 2 amide bonds. The van der Waals surface area contributed by atoms with Crippen molar-refractivity contribution in [2.45, 2.75) is 0 Å². The highest BCUT2D eigenvalue weighted by Gasteiger charge is 2.34. The lowest BCUT2D eigenvalue weighted by molar-refractivity contribution is 0.0631. The van der Waals surface area contributed by atoms with Crippen LogP contribution < -0.4 is 4.74 Å². The second-order valence-electron chi connectivity index (χ2n) is 7.07. The molecule has 5 rings (SSSR count). The first-order chi connectivity index (χ1) is 15.5. The lowest BCUT2D eigenvalue weighted by atomic mass is 10.1. The highest BCUT2D eigenvalue weighted by Crippen LogP contribution is 2.38. The third-order valence-corrected chi connectivity index (χ3v) is 5.54. The number of hydrogen-bond acceptors (Lipinski definition) is 5. The summed E-state index contributed by atoms with van der Waals surface area (Å²) in [5, 5.41) is 4.30. The Bertz CT molecular complexity index is 1370. The van der Waals surface area contributed by atoms with Gasteiger partial charge in [-0.05, 0) is 42.5 Å². The summed E-state index contributed by atoms with van der Waals surface area (Å²) < 4.78 is 38.6. The molecule has 0 N–H and O–H groups in total. The Morgan fingerprint density at radius 1 is 0.969 bits per heavy atom. The average Bonchev–Trinajstić information content (AvgIpc) is 3.33. The van der Waals surface area contributed by atoms with E-state index in [1.54, 1.807) is 30.3 Å². The van der Waals surface area contributed by atoms with E-state index in [2.05, 4.69) is 5.16 Å². The molecule has 2 heterocycles. The van der Waals surface area contributed by atoms with Crippen LogP contribution in [-0.4, -0.2) is 35.0 Å². The van der Waals surface area contributed by atoms with E-state index in [0.29, 0.717) is 16.5 Å². The molecule has 1 aliphatic heterocycles. The molecule has 1 aromatic heterocycles. The molecule has 0 aliphatic carbocycles. The van der Waals surface area contributed by atoms with Gasteiger partial charge in [-0.3, -0.25) is 14.5 Å². The van der Waals surface area contributed by atoms with Crippen LogP contribution >= 0.6 is 11.6 Å². The van der Waals surface area contributed by atoms with Gasteiger partial charge in [0.1, 0.15) is 34.7 Å². The van der Waals surface area contributed by atoms with Crippen LogP contribution in [0.2, 0.25) is 5.02 Å². The van der Waals surface area contributed by atoms with Crippen LogP contribution in [0.5, 0.6) is 5.75 Å². The smallest absolute Gasteiger partial charge is 0.261 e. The number of rotatable bonds is 5. The summed E-state index contributed by atoms with van der Waals surface area (Å²) in [4.78, 5) is 26.0. The van der Waals surface area contributed by atoms with E-state index in [4.69, 9.17) is 20.9 Å². The molecule has 3 aromatic carbocycles. The average molecular weight is 455 g/mol. The molecule has 0 radical (unpaired) electrons. The van der Waals surface area contributed by atoms with Gasteiger partial charge in [0.2, 0.25) is 0 Å². The van der Waals surface area contributed by atoms with Gasteiger partial charge in [-0.25, -0.2) is 8.78 Å². The summed E-state index contributed by atoms with van der Waals surface area (Å²) in [6.07, 6.45) is 0. The van der Waals surface area contributed by atoms with Crippen LogP contribution in [0, 0.1) is 11.6 Å². The number of benzene rings is 3. The Morgan fingerprint density at radius 2 is 1.69 bits per heavy atom. The number of fused-ring (bicyclic) bond motifs is 2. The second kappa shape index (κ2) is 7.72. The molecule has 160 valence electrons. The van der Waals surface area contributed by atoms with E-state index in [1.807, 2.05) is 0 Å². The van der Waals surface area contributed by atoms with Gasteiger partial charge in [0.05, 0.1) is 23.1 Å². The number of halogens is 3. The number of amides is 2. The number of imide groups is 1. The molecule has 0 unspecified atom stereocenters. The zero-order valence-corrected chi connectivity index (χ0v) is 17.0.